The Bertz CT molecular complexity index is 749. The first-order valence-corrected chi connectivity index (χ1v) is 8.59. The van der Waals surface area contributed by atoms with Crippen molar-refractivity contribution in [2.45, 2.75) is 53.5 Å². The number of rotatable bonds is 2. The highest BCUT2D eigenvalue weighted by atomic mass is 16.5. The largest absolute Gasteiger partial charge is 0.465 e. The van der Waals surface area contributed by atoms with E-state index >= 15 is 0 Å². The number of aromatic nitrogens is 1. The molecule has 1 unspecified atom stereocenters. The highest BCUT2D eigenvalue weighted by Gasteiger charge is 2.32. The zero-order valence-corrected chi connectivity index (χ0v) is 14.9. The third kappa shape index (κ3) is 2.56. The van der Waals surface area contributed by atoms with Crippen molar-refractivity contribution in [3.8, 4) is 0 Å². The Morgan fingerprint density at radius 2 is 2.09 bits per heavy atom. The number of aryl methyl sites for hydroxylation is 1. The van der Waals surface area contributed by atoms with Gasteiger partial charge in [0.05, 0.1) is 18.2 Å². The summed E-state index contributed by atoms with van der Waals surface area (Å²) in [4.78, 5) is 12.2. The molecule has 3 rings (SSSR count). The molecule has 0 N–H and O–H groups in total. The molecule has 0 saturated heterocycles. The van der Waals surface area contributed by atoms with Crippen molar-refractivity contribution in [1.82, 2.24) is 4.57 Å². The Morgan fingerprint density at radius 1 is 1.35 bits per heavy atom. The fourth-order valence-corrected chi connectivity index (χ4v) is 4.07. The average Bonchev–Trinajstić information content (AvgIpc) is 2.86. The molecule has 0 saturated carbocycles. The van der Waals surface area contributed by atoms with Gasteiger partial charge in [0.1, 0.15) is 0 Å². The molecule has 1 atom stereocenters. The van der Waals surface area contributed by atoms with Gasteiger partial charge in [0.2, 0.25) is 0 Å². The molecule has 1 heterocycles. The molecular formula is C20H27NO2. The van der Waals surface area contributed by atoms with Gasteiger partial charge < -0.3 is 9.30 Å². The topological polar surface area (TPSA) is 31.2 Å². The summed E-state index contributed by atoms with van der Waals surface area (Å²) in [5.41, 5.74) is 4.92. The van der Waals surface area contributed by atoms with E-state index in [1.165, 1.54) is 30.2 Å². The van der Waals surface area contributed by atoms with Crippen LogP contribution < -0.4 is 0 Å². The monoisotopic (exact) mass is 313 g/mol. The molecule has 23 heavy (non-hydrogen) atoms. The van der Waals surface area contributed by atoms with E-state index in [-0.39, 0.29) is 5.97 Å². The van der Waals surface area contributed by atoms with Crippen LogP contribution in [0.25, 0.3) is 10.9 Å². The molecule has 1 aliphatic rings. The third-order valence-electron chi connectivity index (χ3n) is 5.43. The number of para-hydroxylation sites is 1. The first kappa shape index (κ1) is 16.1. The molecule has 124 valence electrons. The van der Waals surface area contributed by atoms with Crippen LogP contribution in [0.4, 0.5) is 0 Å². The lowest BCUT2D eigenvalue weighted by Crippen LogP contribution is -2.27. The van der Waals surface area contributed by atoms with Gasteiger partial charge >= 0.3 is 5.97 Å². The highest BCUT2D eigenvalue weighted by molar-refractivity contribution is 6.04. The molecule has 1 aromatic heterocycles. The van der Waals surface area contributed by atoms with Gasteiger partial charge in [0.25, 0.3) is 0 Å². The van der Waals surface area contributed by atoms with Gasteiger partial charge in [-0.25, -0.2) is 4.79 Å². The van der Waals surface area contributed by atoms with Crippen molar-refractivity contribution < 1.29 is 9.53 Å². The number of methoxy groups -OCH3 is 1. The van der Waals surface area contributed by atoms with Gasteiger partial charge in [-0.05, 0) is 49.1 Å². The van der Waals surface area contributed by atoms with Crippen LogP contribution in [-0.4, -0.2) is 17.6 Å². The van der Waals surface area contributed by atoms with Crippen molar-refractivity contribution in [3.63, 3.8) is 0 Å². The maximum atomic E-state index is 12.2. The Hall–Kier alpha value is -1.77. The van der Waals surface area contributed by atoms with E-state index in [0.717, 1.165) is 24.9 Å². The first-order chi connectivity index (χ1) is 10.9. The second-order valence-electron chi connectivity index (χ2n) is 7.67. The fourth-order valence-electron chi connectivity index (χ4n) is 4.07. The van der Waals surface area contributed by atoms with Crippen LogP contribution in [0.3, 0.4) is 0 Å². The van der Waals surface area contributed by atoms with E-state index in [4.69, 9.17) is 4.74 Å². The molecule has 0 aliphatic heterocycles. The number of benzene rings is 1. The smallest absolute Gasteiger partial charge is 0.340 e. The lowest BCUT2D eigenvalue weighted by Gasteiger charge is -2.34. The number of hydrogen-bond donors (Lipinski definition) is 0. The van der Waals surface area contributed by atoms with Gasteiger partial charge in [0.15, 0.2) is 0 Å². The number of carbonyl (C=O) groups is 1. The SMILES string of the molecule is CCn1c2c(c3cccc(C(=O)OC)c31)CC(C(C)(C)C)CC2. The molecule has 1 aromatic carbocycles. The standard InChI is InChI=1S/C20H27NO2/c1-6-21-17-11-10-13(20(2,3)4)12-16(17)14-8-7-9-15(18(14)21)19(22)23-5/h7-9,13H,6,10-12H2,1-5H3. The number of esters is 1. The summed E-state index contributed by atoms with van der Waals surface area (Å²) in [5.74, 6) is 0.445. The van der Waals surface area contributed by atoms with Crippen LogP contribution in [0.15, 0.2) is 18.2 Å². The maximum absolute atomic E-state index is 12.2. The molecule has 0 spiro atoms. The normalized spacial score (nSPS) is 18.0. The van der Waals surface area contributed by atoms with Crippen molar-refractivity contribution in [2.24, 2.45) is 11.3 Å². The molecule has 3 nitrogen and oxygen atoms in total. The van der Waals surface area contributed by atoms with Crippen molar-refractivity contribution in [2.75, 3.05) is 7.11 Å². The molecule has 3 heteroatoms. The molecule has 0 fully saturated rings. The van der Waals surface area contributed by atoms with Crippen molar-refractivity contribution >= 4 is 16.9 Å². The Labute approximate surface area is 138 Å². The minimum Gasteiger partial charge on any atom is -0.465 e. The average molecular weight is 313 g/mol. The predicted molar refractivity (Wildman–Crippen MR) is 93.9 cm³/mol. The van der Waals surface area contributed by atoms with E-state index in [0.29, 0.717) is 16.9 Å². The Morgan fingerprint density at radius 3 is 2.70 bits per heavy atom. The van der Waals surface area contributed by atoms with Gasteiger partial charge in [0, 0.05) is 17.6 Å². The van der Waals surface area contributed by atoms with Crippen LogP contribution in [0.1, 0.15) is 55.7 Å². The lowest BCUT2D eigenvalue weighted by molar-refractivity contribution is 0.0602. The molecular weight excluding hydrogens is 286 g/mol. The van der Waals surface area contributed by atoms with Gasteiger partial charge in [-0.15, -0.1) is 0 Å². The molecule has 0 radical (unpaired) electrons. The minimum atomic E-state index is -0.243. The lowest BCUT2D eigenvalue weighted by atomic mass is 9.71. The summed E-state index contributed by atoms with van der Waals surface area (Å²) >= 11 is 0. The maximum Gasteiger partial charge on any atom is 0.340 e. The van der Waals surface area contributed by atoms with E-state index in [1.807, 2.05) is 12.1 Å². The Kier molecular flexibility index (Phi) is 3.99. The van der Waals surface area contributed by atoms with E-state index in [9.17, 15) is 4.79 Å². The summed E-state index contributed by atoms with van der Waals surface area (Å²) < 4.78 is 7.33. The first-order valence-electron chi connectivity index (χ1n) is 8.59. The number of hydrogen-bond acceptors (Lipinski definition) is 2. The fraction of sp³-hybridized carbons (Fsp3) is 0.550. The Balaban J connectivity index is 2.22. The number of ether oxygens (including phenoxy) is 1. The number of fused-ring (bicyclic) bond motifs is 3. The van der Waals surface area contributed by atoms with Crippen LogP contribution >= 0.6 is 0 Å². The third-order valence-corrected chi connectivity index (χ3v) is 5.43. The van der Waals surface area contributed by atoms with Gasteiger partial charge in [-0.3, -0.25) is 0 Å². The van der Waals surface area contributed by atoms with Crippen molar-refractivity contribution in [1.29, 1.82) is 0 Å². The minimum absolute atomic E-state index is 0.243. The number of carbonyl (C=O) groups excluding carboxylic acids is 1. The summed E-state index contributed by atoms with van der Waals surface area (Å²) in [5, 5.41) is 1.23. The summed E-state index contributed by atoms with van der Waals surface area (Å²) in [6, 6.07) is 6.03. The van der Waals surface area contributed by atoms with Crippen LogP contribution in [-0.2, 0) is 24.1 Å². The molecule has 0 amide bonds. The van der Waals surface area contributed by atoms with E-state index in [2.05, 4.69) is 38.3 Å². The summed E-state index contributed by atoms with van der Waals surface area (Å²) in [6.45, 7) is 10.0. The number of nitrogens with zero attached hydrogens (tertiary/aromatic N) is 1. The van der Waals surface area contributed by atoms with E-state index < -0.39 is 0 Å². The van der Waals surface area contributed by atoms with E-state index in [1.54, 1.807) is 0 Å². The molecule has 0 bridgehead atoms. The zero-order chi connectivity index (χ0) is 16.8. The summed E-state index contributed by atoms with van der Waals surface area (Å²) in [7, 11) is 1.45. The zero-order valence-electron chi connectivity index (χ0n) is 14.9. The molecule has 1 aliphatic carbocycles. The van der Waals surface area contributed by atoms with Gasteiger partial charge in [-0.1, -0.05) is 32.9 Å². The summed E-state index contributed by atoms with van der Waals surface area (Å²) in [6.07, 6.45) is 3.42. The van der Waals surface area contributed by atoms with Crippen LogP contribution in [0, 0.1) is 11.3 Å². The quantitative estimate of drug-likeness (QED) is 0.759. The van der Waals surface area contributed by atoms with Crippen molar-refractivity contribution in [3.05, 3.63) is 35.0 Å². The second-order valence-corrected chi connectivity index (χ2v) is 7.67. The highest BCUT2D eigenvalue weighted by Crippen LogP contribution is 2.41. The van der Waals surface area contributed by atoms with Crippen LogP contribution in [0.5, 0.6) is 0 Å². The van der Waals surface area contributed by atoms with Gasteiger partial charge in [-0.2, -0.15) is 0 Å². The second kappa shape index (κ2) is 5.70. The predicted octanol–water partition coefficient (Wildman–Crippen LogP) is 4.60. The van der Waals surface area contributed by atoms with Crippen LogP contribution in [0.2, 0.25) is 0 Å². The molecule has 2 aromatic rings.